The molecule has 1 N–H and O–H groups in total. The Labute approximate surface area is 92.3 Å². The van der Waals surface area contributed by atoms with Crippen LogP contribution < -0.4 is 0 Å². The summed E-state index contributed by atoms with van der Waals surface area (Å²) in [5, 5.41) is 16.3. The lowest BCUT2D eigenvalue weighted by atomic mass is 10.1. The number of rotatable bonds is 3. The van der Waals surface area contributed by atoms with Gasteiger partial charge in [-0.3, -0.25) is 0 Å². The number of hydrogen-bond acceptors (Lipinski definition) is 3. The number of aryl methyl sites for hydroxylation is 1. The molecule has 0 amide bonds. The normalized spacial score (nSPS) is 10.3. The zero-order valence-corrected chi connectivity index (χ0v) is 8.79. The van der Waals surface area contributed by atoms with E-state index in [1.165, 1.54) is 10.9 Å². The molecular weight excluding hydrogens is 206 g/mol. The topological polar surface area (TPSA) is 68.0 Å². The molecule has 5 heteroatoms. The van der Waals surface area contributed by atoms with Crippen LogP contribution in [0.2, 0.25) is 0 Å². The standard InChI is InChI=1S/C11H11N3O2/c1-2-8-4-3-5-9(6-8)14-10(11(15)16)7-12-13-14/h3-7H,2H2,1H3,(H,15,16). The Kier molecular flexibility index (Phi) is 2.68. The third-order valence-electron chi connectivity index (χ3n) is 2.33. The van der Waals surface area contributed by atoms with Gasteiger partial charge in [0.25, 0.3) is 0 Å². The van der Waals surface area contributed by atoms with Gasteiger partial charge in [0, 0.05) is 0 Å². The average molecular weight is 217 g/mol. The number of carbonyl (C=O) groups is 1. The second kappa shape index (κ2) is 4.14. The van der Waals surface area contributed by atoms with E-state index in [0.29, 0.717) is 5.69 Å². The number of benzene rings is 1. The van der Waals surface area contributed by atoms with E-state index in [0.717, 1.165) is 12.0 Å². The summed E-state index contributed by atoms with van der Waals surface area (Å²) < 4.78 is 1.32. The summed E-state index contributed by atoms with van der Waals surface area (Å²) in [4.78, 5) is 10.9. The van der Waals surface area contributed by atoms with Crippen LogP contribution in [0.15, 0.2) is 30.5 Å². The molecule has 16 heavy (non-hydrogen) atoms. The molecule has 0 aliphatic carbocycles. The lowest BCUT2D eigenvalue weighted by Crippen LogP contribution is -2.08. The molecule has 2 aromatic rings. The fourth-order valence-corrected chi connectivity index (χ4v) is 1.48. The van der Waals surface area contributed by atoms with Crippen LogP contribution in [0, 0.1) is 0 Å². The molecule has 0 radical (unpaired) electrons. The molecule has 0 atom stereocenters. The van der Waals surface area contributed by atoms with Crippen LogP contribution in [0.3, 0.4) is 0 Å². The summed E-state index contributed by atoms with van der Waals surface area (Å²) in [5.74, 6) is -1.04. The van der Waals surface area contributed by atoms with Crippen molar-refractivity contribution in [3.63, 3.8) is 0 Å². The first-order valence-corrected chi connectivity index (χ1v) is 4.95. The predicted molar refractivity (Wildman–Crippen MR) is 57.7 cm³/mol. The van der Waals surface area contributed by atoms with Gasteiger partial charge in [0.2, 0.25) is 0 Å². The fourth-order valence-electron chi connectivity index (χ4n) is 1.48. The Morgan fingerprint density at radius 2 is 2.31 bits per heavy atom. The summed E-state index contributed by atoms with van der Waals surface area (Å²) in [6.07, 6.45) is 2.13. The third kappa shape index (κ3) is 1.79. The van der Waals surface area contributed by atoms with Crippen LogP contribution in [0.4, 0.5) is 0 Å². The minimum atomic E-state index is -1.04. The van der Waals surface area contributed by atoms with E-state index in [4.69, 9.17) is 5.11 Å². The largest absolute Gasteiger partial charge is 0.476 e. The Hall–Kier alpha value is -2.17. The Balaban J connectivity index is 2.50. The van der Waals surface area contributed by atoms with E-state index >= 15 is 0 Å². The van der Waals surface area contributed by atoms with Gasteiger partial charge in [-0.05, 0) is 24.1 Å². The van der Waals surface area contributed by atoms with Gasteiger partial charge in [0.1, 0.15) is 0 Å². The molecule has 82 valence electrons. The number of hydrogen-bond donors (Lipinski definition) is 1. The molecule has 1 aromatic heterocycles. The molecule has 0 fully saturated rings. The summed E-state index contributed by atoms with van der Waals surface area (Å²) in [6, 6.07) is 7.57. The van der Waals surface area contributed by atoms with E-state index in [1.54, 1.807) is 6.07 Å². The first-order chi connectivity index (χ1) is 7.72. The highest BCUT2D eigenvalue weighted by molar-refractivity contribution is 5.85. The first kappa shape index (κ1) is 10.4. The highest BCUT2D eigenvalue weighted by atomic mass is 16.4. The van der Waals surface area contributed by atoms with Crippen molar-refractivity contribution in [3.05, 3.63) is 41.7 Å². The van der Waals surface area contributed by atoms with Gasteiger partial charge in [-0.15, -0.1) is 5.10 Å². The van der Waals surface area contributed by atoms with Crippen molar-refractivity contribution in [2.45, 2.75) is 13.3 Å². The van der Waals surface area contributed by atoms with Crippen LogP contribution >= 0.6 is 0 Å². The van der Waals surface area contributed by atoms with Crippen LogP contribution in [-0.4, -0.2) is 26.1 Å². The number of aromatic carboxylic acids is 1. The fraction of sp³-hybridized carbons (Fsp3) is 0.182. The van der Waals surface area contributed by atoms with Crippen LogP contribution in [0.5, 0.6) is 0 Å². The quantitative estimate of drug-likeness (QED) is 0.846. The molecule has 1 aromatic carbocycles. The van der Waals surface area contributed by atoms with Crippen molar-refractivity contribution >= 4 is 5.97 Å². The molecule has 0 unspecified atom stereocenters. The zero-order valence-electron chi connectivity index (χ0n) is 8.79. The van der Waals surface area contributed by atoms with Crippen molar-refractivity contribution in [1.29, 1.82) is 0 Å². The SMILES string of the molecule is CCc1cccc(-n2nncc2C(=O)O)c1. The monoisotopic (exact) mass is 217 g/mol. The molecule has 0 saturated heterocycles. The van der Waals surface area contributed by atoms with Gasteiger partial charge in [-0.1, -0.05) is 24.3 Å². The number of aromatic nitrogens is 3. The highest BCUT2D eigenvalue weighted by Crippen LogP contribution is 2.12. The maximum atomic E-state index is 10.9. The molecule has 0 bridgehead atoms. The summed E-state index contributed by atoms with van der Waals surface area (Å²) in [6.45, 7) is 2.04. The van der Waals surface area contributed by atoms with Crippen LogP contribution in [0.1, 0.15) is 23.0 Å². The van der Waals surface area contributed by atoms with E-state index in [1.807, 2.05) is 25.1 Å². The number of carboxylic acids is 1. The van der Waals surface area contributed by atoms with E-state index in [-0.39, 0.29) is 5.69 Å². The van der Waals surface area contributed by atoms with Crippen molar-refractivity contribution in [3.8, 4) is 5.69 Å². The second-order valence-electron chi connectivity index (χ2n) is 3.36. The smallest absolute Gasteiger partial charge is 0.356 e. The Bertz CT molecular complexity index is 519. The average Bonchev–Trinajstić information content (AvgIpc) is 2.78. The second-order valence-corrected chi connectivity index (χ2v) is 3.36. The predicted octanol–water partition coefficient (Wildman–Crippen LogP) is 1.53. The molecular formula is C11H11N3O2. The molecule has 0 saturated carbocycles. The third-order valence-corrected chi connectivity index (χ3v) is 2.33. The molecule has 1 heterocycles. The van der Waals surface area contributed by atoms with Gasteiger partial charge in [0.05, 0.1) is 11.9 Å². The van der Waals surface area contributed by atoms with E-state index < -0.39 is 5.97 Å². The van der Waals surface area contributed by atoms with E-state index in [2.05, 4.69) is 10.3 Å². The van der Waals surface area contributed by atoms with Crippen molar-refractivity contribution in [2.75, 3.05) is 0 Å². The van der Waals surface area contributed by atoms with Crippen molar-refractivity contribution in [1.82, 2.24) is 15.0 Å². The van der Waals surface area contributed by atoms with Gasteiger partial charge in [-0.2, -0.15) is 0 Å². The highest BCUT2D eigenvalue weighted by Gasteiger charge is 2.12. The van der Waals surface area contributed by atoms with E-state index in [9.17, 15) is 4.79 Å². The Morgan fingerprint density at radius 3 is 3.00 bits per heavy atom. The molecule has 0 aliphatic heterocycles. The maximum Gasteiger partial charge on any atom is 0.356 e. The molecule has 2 rings (SSSR count). The molecule has 5 nitrogen and oxygen atoms in total. The van der Waals surface area contributed by atoms with Gasteiger partial charge in [0.15, 0.2) is 5.69 Å². The first-order valence-electron chi connectivity index (χ1n) is 4.95. The van der Waals surface area contributed by atoms with Gasteiger partial charge in [-0.25, -0.2) is 9.48 Å². The zero-order chi connectivity index (χ0) is 11.5. The lowest BCUT2D eigenvalue weighted by molar-refractivity contribution is 0.0687. The number of carboxylic acid groups (broad SMARTS) is 1. The minimum Gasteiger partial charge on any atom is -0.476 e. The molecule has 0 aliphatic rings. The van der Waals surface area contributed by atoms with Gasteiger partial charge < -0.3 is 5.11 Å². The van der Waals surface area contributed by atoms with Crippen molar-refractivity contribution in [2.24, 2.45) is 0 Å². The summed E-state index contributed by atoms with van der Waals surface area (Å²) in [5.41, 5.74) is 1.91. The minimum absolute atomic E-state index is 0.0632. The lowest BCUT2D eigenvalue weighted by Gasteiger charge is -2.04. The van der Waals surface area contributed by atoms with Gasteiger partial charge >= 0.3 is 5.97 Å². The molecule has 0 spiro atoms. The van der Waals surface area contributed by atoms with Crippen molar-refractivity contribution < 1.29 is 9.90 Å². The van der Waals surface area contributed by atoms with Crippen LogP contribution in [0.25, 0.3) is 5.69 Å². The maximum absolute atomic E-state index is 10.9. The number of nitrogens with zero attached hydrogens (tertiary/aromatic N) is 3. The summed E-state index contributed by atoms with van der Waals surface area (Å²) >= 11 is 0. The summed E-state index contributed by atoms with van der Waals surface area (Å²) in [7, 11) is 0. The Morgan fingerprint density at radius 1 is 1.50 bits per heavy atom. The van der Waals surface area contributed by atoms with Crippen LogP contribution in [-0.2, 0) is 6.42 Å².